The minimum Gasteiger partial charge on any atom is -0.396 e. The summed E-state index contributed by atoms with van der Waals surface area (Å²) >= 11 is 0. The van der Waals surface area contributed by atoms with E-state index in [1.807, 2.05) is 4.90 Å². The molecule has 5 heteroatoms. The molecule has 1 aliphatic rings. The van der Waals surface area contributed by atoms with Crippen LogP contribution in [0, 0.1) is 5.92 Å². The number of unbranched alkanes of at least 4 members (excludes halogenated alkanes) is 12. The molecule has 1 aliphatic heterocycles. The average Bonchev–Trinajstić information content (AvgIpc) is 2.76. The van der Waals surface area contributed by atoms with E-state index in [9.17, 15) is 9.59 Å². The fraction of sp³-hybridized carbons (Fsp3) is 0.885. The first-order valence-electron chi connectivity index (χ1n) is 13.1. The standard InChI is InChI=1S/C26H48N2O3/c1-3-4-5-6-7-8-9-10-11-12-13-14-15-16-26(30)28-20-17-25(18-21-28)19-22-31-27-23-24(2)29/h23,25H,3-22H2,1-2H3/b27-23-. The molecule has 0 unspecified atom stereocenters. The Balaban J connectivity index is 1.90. The fourth-order valence-electron chi connectivity index (χ4n) is 4.31. The summed E-state index contributed by atoms with van der Waals surface area (Å²) in [6.07, 6.45) is 22.3. The highest BCUT2D eigenvalue weighted by Gasteiger charge is 2.22. The number of likely N-dealkylation sites (tertiary alicyclic amines) is 1. The Kier molecular flexibility index (Phi) is 17.2. The maximum atomic E-state index is 12.4. The Bertz CT molecular complexity index is 485. The van der Waals surface area contributed by atoms with Gasteiger partial charge in [-0.05, 0) is 31.6 Å². The minimum absolute atomic E-state index is 0.102. The van der Waals surface area contributed by atoms with Gasteiger partial charge in [0.05, 0.1) is 0 Å². The van der Waals surface area contributed by atoms with Crippen molar-refractivity contribution in [1.29, 1.82) is 0 Å². The van der Waals surface area contributed by atoms with Crippen LogP contribution in [0.4, 0.5) is 0 Å². The van der Waals surface area contributed by atoms with Gasteiger partial charge in [0.1, 0.15) is 12.8 Å². The molecule has 0 spiro atoms. The Morgan fingerprint density at radius 1 is 0.871 bits per heavy atom. The van der Waals surface area contributed by atoms with E-state index in [2.05, 4.69) is 12.1 Å². The highest BCUT2D eigenvalue weighted by atomic mass is 16.6. The monoisotopic (exact) mass is 436 g/mol. The molecular formula is C26H48N2O3. The SMILES string of the molecule is CCCCCCCCCCCCCCCC(=O)N1CCC(CCO/N=C\C(C)=O)CC1. The van der Waals surface area contributed by atoms with Gasteiger partial charge in [0, 0.05) is 26.4 Å². The summed E-state index contributed by atoms with van der Waals surface area (Å²) in [5.74, 6) is 0.826. The zero-order chi connectivity index (χ0) is 22.6. The molecule has 1 fully saturated rings. The first-order valence-corrected chi connectivity index (χ1v) is 13.1. The second-order valence-electron chi connectivity index (χ2n) is 9.28. The zero-order valence-corrected chi connectivity index (χ0v) is 20.4. The van der Waals surface area contributed by atoms with Gasteiger partial charge in [0.25, 0.3) is 0 Å². The summed E-state index contributed by atoms with van der Waals surface area (Å²) in [5, 5.41) is 3.65. The van der Waals surface area contributed by atoms with Gasteiger partial charge < -0.3 is 9.74 Å². The molecule has 0 saturated carbocycles. The lowest BCUT2D eigenvalue weighted by Gasteiger charge is -2.32. The van der Waals surface area contributed by atoms with Crippen molar-refractivity contribution in [3.05, 3.63) is 0 Å². The van der Waals surface area contributed by atoms with Gasteiger partial charge in [-0.25, -0.2) is 0 Å². The molecule has 180 valence electrons. The molecule has 0 aromatic carbocycles. The number of nitrogens with zero attached hydrogens (tertiary/aromatic N) is 2. The molecule has 0 aromatic rings. The van der Waals surface area contributed by atoms with Gasteiger partial charge in [-0.15, -0.1) is 0 Å². The van der Waals surface area contributed by atoms with Gasteiger partial charge in [-0.3, -0.25) is 9.59 Å². The number of hydrogen-bond donors (Lipinski definition) is 0. The Hall–Kier alpha value is -1.39. The Labute approximate surface area is 191 Å². The first kappa shape index (κ1) is 27.6. The maximum Gasteiger partial charge on any atom is 0.222 e. The quantitative estimate of drug-likeness (QED) is 0.129. The van der Waals surface area contributed by atoms with Crippen LogP contribution in [0.15, 0.2) is 5.16 Å². The summed E-state index contributed by atoms with van der Waals surface area (Å²) in [6, 6.07) is 0. The molecule has 0 radical (unpaired) electrons. The predicted octanol–water partition coefficient (Wildman–Crippen LogP) is 6.69. The van der Waals surface area contributed by atoms with Gasteiger partial charge >= 0.3 is 0 Å². The number of ketones is 1. The molecular weight excluding hydrogens is 388 g/mol. The summed E-state index contributed by atoms with van der Waals surface area (Å²) in [7, 11) is 0. The lowest BCUT2D eigenvalue weighted by Crippen LogP contribution is -2.38. The lowest BCUT2D eigenvalue weighted by atomic mass is 9.93. The van der Waals surface area contributed by atoms with Gasteiger partial charge in [0.15, 0.2) is 5.78 Å². The molecule has 0 N–H and O–H groups in total. The van der Waals surface area contributed by atoms with Crippen molar-refractivity contribution in [2.75, 3.05) is 19.7 Å². The second-order valence-corrected chi connectivity index (χ2v) is 9.28. The zero-order valence-electron chi connectivity index (χ0n) is 20.4. The minimum atomic E-state index is -0.102. The van der Waals surface area contributed by atoms with Crippen LogP contribution in [0.3, 0.4) is 0 Å². The molecule has 1 saturated heterocycles. The van der Waals surface area contributed by atoms with Crippen LogP contribution in [0.2, 0.25) is 0 Å². The Morgan fingerprint density at radius 3 is 1.90 bits per heavy atom. The van der Waals surface area contributed by atoms with Crippen molar-refractivity contribution in [2.24, 2.45) is 11.1 Å². The highest BCUT2D eigenvalue weighted by molar-refractivity contribution is 6.26. The summed E-state index contributed by atoms with van der Waals surface area (Å²) in [5.41, 5.74) is 0. The smallest absolute Gasteiger partial charge is 0.222 e. The van der Waals surface area contributed by atoms with Crippen molar-refractivity contribution in [3.8, 4) is 0 Å². The van der Waals surface area contributed by atoms with E-state index in [0.29, 0.717) is 24.9 Å². The van der Waals surface area contributed by atoms with Crippen LogP contribution in [-0.4, -0.2) is 42.5 Å². The molecule has 0 aromatic heterocycles. The van der Waals surface area contributed by atoms with Crippen molar-refractivity contribution >= 4 is 17.9 Å². The van der Waals surface area contributed by atoms with Crippen LogP contribution in [0.5, 0.6) is 0 Å². The van der Waals surface area contributed by atoms with Crippen molar-refractivity contribution < 1.29 is 14.4 Å². The number of rotatable bonds is 19. The van der Waals surface area contributed by atoms with Crippen LogP contribution in [-0.2, 0) is 14.4 Å². The van der Waals surface area contributed by atoms with Crippen LogP contribution < -0.4 is 0 Å². The van der Waals surface area contributed by atoms with E-state index in [0.717, 1.165) is 38.8 Å². The molecule has 0 bridgehead atoms. The third-order valence-corrected chi connectivity index (χ3v) is 6.39. The van der Waals surface area contributed by atoms with E-state index in [4.69, 9.17) is 4.84 Å². The van der Waals surface area contributed by atoms with Gasteiger partial charge in [0.2, 0.25) is 5.91 Å². The second kappa shape index (κ2) is 19.3. The number of oxime groups is 1. The average molecular weight is 437 g/mol. The fourth-order valence-corrected chi connectivity index (χ4v) is 4.31. The Morgan fingerprint density at radius 2 is 1.39 bits per heavy atom. The van der Waals surface area contributed by atoms with Gasteiger partial charge in [-0.2, -0.15) is 0 Å². The topological polar surface area (TPSA) is 59.0 Å². The van der Waals surface area contributed by atoms with E-state index in [1.165, 1.54) is 90.2 Å². The van der Waals surface area contributed by atoms with Crippen LogP contribution in [0.25, 0.3) is 0 Å². The summed E-state index contributed by atoms with van der Waals surface area (Å²) in [6.45, 7) is 6.02. The predicted molar refractivity (Wildman–Crippen MR) is 129 cm³/mol. The molecule has 5 nitrogen and oxygen atoms in total. The van der Waals surface area contributed by atoms with Crippen LogP contribution >= 0.6 is 0 Å². The first-order chi connectivity index (χ1) is 15.1. The highest BCUT2D eigenvalue weighted by Crippen LogP contribution is 2.21. The van der Waals surface area contributed by atoms with Crippen molar-refractivity contribution in [1.82, 2.24) is 4.90 Å². The normalized spacial score (nSPS) is 15.0. The summed E-state index contributed by atoms with van der Waals surface area (Å²) < 4.78 is 0. The van der Waals surface area contributed by atoms with E-state index >= 15 is 0 Å². The van der Waals surface area contributed by atoms with Crippen LogP contribution in [0.1, 0.15) is 123 Å². The van der Waals surface area contributed by atoms with E-state index < -0.39 is 0 Å². The number of hydrogen-bond acceptors (Lipinski definition) is 4. The van der Waals surface area contributed by atoms with E-state index in [-0.39, 0.29) is 5.78 Å². The molecule has 0 aliphatic carbocycles. The number of amides is 1. The third kappa shape index (κ3) is 16.0. The number of Topliss-reactive ketones (excluding diaryl/α,β-unsaturated/α-hetero) is 1. The largest absolute Gasteiger partial charge is 0.396 e. The number of carbonyl (C=O) groups excluding carboxylic acids is 2. The molecule has 1 amide bonds. The lowest BCUT2D eigenvalue weighted by molar-refractivity contribution is -0.132. The summed E-state index contributed by atoms with van der Waals surface area (Å²) in [4.78, 5) is 30.3. The molecule has 0 atom stereocenters. The molecule has 31 heavy (non-hydrogen) atoms. The third-order valence-electron chi connectivity index (χ3n) is 6.39. The maximum absolute atomic E-state index is 12.4. The van der Waals surface area contributed by atoms with Crippen molar-refractivity contribution in [3.63, 3.8) is 0 Å². The van der Waals surface area contributed by atoms with E-state index in [1.54, 1.807) is 0 Å². The molecule has 1 rings (SSSR count). The van der Waals surface area contributed by atoms with Gasteiger partial charge in [-0.1, -0.05) is 89.1 Å². The number of carbonyl (C=O) groups is 2. The molecule has 1 heterocycles. The van der Waals surface area contributed by atoms with Crippen molar-refractivity contribution in [2.45, 2.75) is 123 Å². The number of piperidine rings is 1.